The molecule has 2 aromatic rings. The molecule has 0 aliphatic rings. The number of nitrogens with zero attached hydrogens (tertiary/aromatic N) is 1. The molecule has 0 bridgehead atoms. The fourth-order valence-electron chi connectivity index (χ4n) is 2.30. The number of nitrogens with one attached hydrogen (secondary N) is 1. The third-order valence-corrected chi connectivity index (χ3v) is 3.53. The van der Waals surface area contributed by atoms with Gasteiger partial charge in [0.15, 0.2) is 6.04 Å². The van der Waals surface area contributed by atoms with Gasteiger partial charge in [0.25, 0.3) is 5.69 Å². The van der Waals surface area contributed by atoms with Crippen molar-refractivity contribution in [2.75, 3.05) is 0 Å². The lowest BCUT2D eigenvalue weighted by Gasteiger charge is -2.20. The van der Waals surface area contributed by atoms with Crippen molar-refractivity contribution in [3.05, 3.63) is 75.8 Å². The number of aliphatic hydroxyl groups excluding tert-OH is 1. The number of non-ortho nitro benzene ring substituents is 1. The summed E-state index contributed by atoms with van der Waals surface area (Å²) in [6.07, 6.45) is -1.68. The molecule has 0 saturated heterocycles. The summed E-state index contributed by atoms with van der Waals surface area (Å²) in [5.74, 6) is -2.02. The molecule has 0 aliphatic carbocycles. The van der Waals surface area contributed by atoms with E-state index in [0.29, 0.717) is 5.56 Å². The number of hydrogen-bond acceptors (Lipinski definition) is 5. The highest BCUT2D eigenvalue weighted by atomic mass is 16.6. The van der Waals surface area contributed by atoms with Crippen LogP contribution in [-0.4, -0.2) is 33.1 Å². The van der Waals surface area contributed by atoms with Crippen molar-refractivity contribution in [3.63, 3.8) is 0 Å². The van der Waals surface area contributed by atoms with Gasteiger partial charge >= 0.3 is 5.97 Å². The maximum absolute atomic E-state index is 12.0. The van der Waals surface area contributed by atoms with Crippen molar-refractivity contribution >= 4 is 17.6 Å². The molecule has 2 aromatic carbocycles. The molecular formula is C17H16N2O6. The van der Waals surface area contributed by atoms with Gasteiger partial charge in [-0.3, -0.25) is 14.9 Å². The fraction of sp³-hybridized carbons (Fsp3) is 0.176. The Morgan fingerprint density at radius 3 is 2.40 bits per heavy atom. The van der Waals surface area contributed by atoms with Crippen LogP contribution in [0.2, 0.25) is 0 Å². The van der Waals surface area contributed by atoms with E-state index in [2.05, 4.69) is 5.32 Å². The Hall–Kier alpha value is -3.26. The molecule has 2 rings (SSSR count). The van der Waals surface area contributed by atoms with E-state index >= 15 is 0 Å². The fourth-order valence-corrected chi connectivity index (χ4v) is 2.30. The second kappa shape index (κ2) is 8.02. The van der Waals surface area contributed by atoms with Gasteiger partial charge in [0.05, 0.1) is 11.3 Å². The Bertz CT molecular complexity index is 778. The third kappa shape index (κ3) is 4.85. The zero-order valence-electron chi connectivity index (χ0n) is 13.0. The first-order valence-electron chi connectivity index (χ1n) is 7.37. The van der Waals surface area contributed by atoms with Crippen LogP contribution in [0.4, 0.5) is 5.69 Å². The highest BCUT2D eigenvalue weighted by Crippen LogP contribution is 2.22. The number of hydrogen-bond donors (Lipinski definition) is 3. The maximum Gasteiger partial charge on any atom is 0.329 e. The third-order valence-electron chi connectivity index (χ3n) is 3.53. The van der Waals surface area contributed by atoms with E-state index in [9.17, 15) is 29.9 Å². The highest BCUT2D eigenvalue weighted by molar-refractivity contribution is 5.85. The first-order valence-corrected chi connectivity index (χ1v) is 7.37. The highest BCUT2D eigenvalue weighted by Gasteiger charge is 2.30. The Morgan fingerprint density at radius 1 is 1.12 bits per heavy atom. The average molecular weight is 344 g/mol. The predicted molar refractivity (Wildman–Crippen MR) is 87.8 cm³/mol. The van der Waals surface area contributed by atoms with Crippen LogP contribution >= 0.6 is 0 Å². The van der Waals surface area contributed by atoms with Gasteiger partial charge < -0.3 is 15.5 Å². The van der Waals surface area contributed by atoms with Crippen LogP contribution in [0.3, 0.4) is 0 Å². The van der Waals surface area contributed by atoms with E-state index in [-0.39, 0.29) is 17.7 Å². The number of carbonyl (C=O) groups is 2. The molecule has 3 N–H and O–H groups in total. The zero-order valence-corrected chi connectivity index (χ0v) is 13.0. The number of nitro benzene ring substituents is 1. The standard InChI is InChI=1S/C17H16N2O6/c20-14(9-11-5-2-1-3-6-11)18-15(17(22)23)16(21)12-7-4-8-13(10-12)19(24)25/h1-8,10,15-16,21H,9H2,(H,18,20)(H,22,23)/t15-,16-/m0/s1. The largest absolute Gasteiger partial charge is 0.480 e. The van der Waals surface area contributed by atoms with Crippen LogP contribution in [0.1, 0.15) is 17.2 Å². The summed E-state index contributed by atoms with van der Waals surface area (Å²) in [7, 11) is 0. The molecule has 0 unspecified atom stereocenters. The smallest absolute Gasteiger partial charge is 0.329 e. The van der Waals surface area contributed by atoms with Crippen molar-refractivity contribution in [2.45, 2.75) is 18.6 Å². The summed E-state index contributed by atoms with van der Waals surface area (Å²) < 4.78 is 0. The van der Waals surface area contributed by atoms with E-state index in [1.54, 1.807) is 30.3 Å². The molecule has 0 aliphatic heterocycles. The molecule has 1 amide bonds. The van der Waals surface area contributed by atoms with Crippen LogP contribution in [0.15, 0.2) is 54.6 Å². The molecule has 0 aromatic heterocycles. The quantitative estimate of drug-likeness (QED) is 0.515. The van der Waals surface area contributed by atoms with Gasteiger partial charge in [-0.25, -0.2) is 4.79 Å². The molecule has 2 atom stereocenters. The van der Waals surface area contributed by atoms with E-state index in [1.807, 2.05) is 0 Å². The van der Waals surface area contributed by atoms with Crippen molar-refractivity contribution in [2.24, 2.45) is 0 Å². The van der Waals surface area contributed by atoms with Gasteiger partial charge in [0, 0.05) is 12.1 Å². The van der Waals surface area contributed by atoms with E-state index in [0.717, 1.165) is 6.07 Å². The molecule has 8 heteroatoms. The lowest BCUT2D eigenvalue weighted by atomic mass is 10.0. The molecule has 0 saturated carbocycles. The van der Waals surface area contributed by atoms with Crippen LogP contribution in [0.5, 0.6) is 0 Å². The lowest BCUT2D eigenvalue weighted by molar-refractivity contribution is -0.385. The minimum atomic E-state index is -1.63. The maximum atomic E-state index is 12.0. The van der Waals surface area contributed by atoms with Gasteiger partial charge in [-0.15, -0.1) is 0 Å². The second-order valence-corrected chi connectivity index (χ2v) is 5.34. The number of aliphatic hydroxyl groups is 1. The topological polar surface area (TPSA) is 130 Å². The lowest BCUT2D eigenvalue weighted by Crippen LogP contribution is -2.45. The predicted octanol–water partition coefficient (Wildman–Crippen LogP) is 1.44. The number of amides is 1. The molecule has 0 spiro atoms. The van der Waals surface area contributed by atoms with E-state index in [1.165, 1.54) is 18.2 Å². The minimum absolute atomic E-state index is 0.0293. The summed E-state index contributed by atoms with van der Waals surface area (Å²) in [6, 6.07) is 12.1. The van der Waals surface area contributed by atoms with Crippen LogP contribution < -0.4 is 5.32 Å². The first kappa shape index (κ1) is 18.1. The van der Waals surface area contributed by atoms with Gasteiger partial charge in [0.2, 0.25) is 5.91 Å². The summed E-state index contributed by atoms with van der Waals surface area (Å²) in [5.41, 5.74) is 0.437. The number of carbonyl (C=O) groups excluding carboxylic acids is 1. The molecule has 25 heavy (non-hydrogen) atoms. The summed E-state index contributed by atoms with van der Waals surface area (Å²) in [6.45, 7) is 0. The Labute approximate surface area is 142 Å². The van der Waals surface area contributed by atoms with Gasteiger partial charge in [-0.1, -0.05) is 42.5 Å². The molecule has 8 nitrogen and oxygen atoms in total. The van der Waals surface area contributed by atoms with Gasteiger partial charge in [-0.05, 0) is 11.1 Å². The summed E-state index contributed by atoms with van der Waals surface area (Å²) in [5, 5.41) is 32.6. The molecule has 0 radical (unpaired) electrons. The SMILES string of the molecule is O=C(Cc1ccccc1)N[C@H](C(=O)O)[C@@H](O)c1cccc([N+](=O)[O-])c1. The molecular weight excluding hydrogens is 328 g/mol. The van der Waals surface area contributed by atoms with Crippen molar-refractivity contribution in [1.82, 2.24) is 5.32 Å². The number of aliphatic carboxylic acids is 1. The summed E-state index contributed by atoms with van der Waals surface area (Å²) >= 11 is 0. The number of carboxylic acid groups (broad SMARTS) is 1. The second-order valence-electron chi connectivity index (χ2n) is 5.34. The monoisotopic (exact) mass is 344 g/mol. The van der Waals surface area contributed by atoms with Gasteiger partial charge in [-0.2, -0.15) is 0 Å². The number of rotatable bonds is 7. The number of benzene rings is 2. The number of nitro groups is 1. The number of carboxylic acids is 1. The van der Waals surface area contributed by atoms with Gasteiger partial charge in [0.1, 0.15) is 6.10 Å². The van der Waals surface area contributed by atoms with Crippen LogP contribution in [0, 0.1) is 10.1 Å². The van der Waals surface area contributed by atoms with Crippen LogP contribution in [-0.2, 0) is 16.0 Å². The van der Waals surface area contributed by atoms with Crippen molar-refractivity contribution < 1.29 is 24.7 Å². The van der Waals surface area contributed by atoms with Crippen molar-refractivity contribution in [1.29, 1.82) is 0 Å². The zero-order chi connectivity index (χ0) is 18.4. The average Bonchev–Trinajstić information content (AvgIpc) is 2.60. The van der Waals surface area contributed by atoms with Crippen LogP contribution in [0.25, 0.3) is 0 Å². The van der Waals surface area contributed by atoms with Crippen molar-refractivity contribution in [3.8, 4) is 0 Å². The van der Waals surface area contributed by atoms with E-state index < -0.39 is 28.9 Å². The Balaban J connectivity index is 2.14. The Morgan fingerprint density at radius 2 is 1.80 bits per heavy atom. The van der Waals surface area contributed by atoms with E-state index in [4.69, 9.17) is 0 Å². The molecule has 130 valence electrons. The minimum Gasteiger partial charge on any atom is -0.480 e. The molecule has 0 fully saturated rings. The summed E-state index contributed by atoms with van der Waals surface area (Å²) in [4.78, 5) is 33.6. The molecule has 0 heterocycles. The normalized spacial score (nSPS) is 12.8. The first-order chi connectivity index (χ1) is 11.9. The Kier molecular flexibility index (Phi) is 5.80.